The molecule has 164 valence electrons. The number of ether oxygens (including phenoxy) is 2. The van der Waals surface area contributed by atoms with Crippen LogP contribution in [0.3, 0.4) is 0 Å². The van der Waals surface area contributed by atoms with Crippen LogP contribution in [0, 0.1) is 11.8 Å². The normalized spacial score (nSPS) is 16.2. The molecule has 0 atom stereocenters. The van der Waals surface area contributed by atoms with E-state index in [0.29, 0.717) is 0 Å². The first-order valence-corrected chi connectivity index (χ1v) is 11.4. The Kier molecular flexibility index (Phi) is 6.13. The van der Waals surface area contributed by atoms with E-state index in [2.05, 4.69) is 97.1 Å². The highest BCUT2D eigenvalue weighted by atomic mass is 16.7. The van der Waals surface area contributed by atoms with Crippen LogP contribution in [0.4, 0.5) is 0 Å². The Balaban J connectivity index is 1.52. The summed E-state index contributed by atoms with van der Waals surface area (Å²) in [5, 5.41) is 0. The van der Waals surface area contributed by atoms with Crippen LogP contribution in [0.25, 0.3) is 22.3 Å². The van der Waals surface area contributed by atoms with Gasteiger partial charge < -0.3 is 9.47 Å². The average molecular weight is 433 g/mol. The zero-order valence-electron chi connectivity index (χ0n) is 19.1. The lowest BCUT2D eigenvalue weighted by Gasteiger charge is -2.37. The topological polar surface area (TPSA) is 18.5 Å². The highest BCUT2D eigenvalue weighted by Gasteiger charge is 2.53. The largest absolute Gasteiger partial charge is 0.351 e. The molecular formula is C31H28O2. The van der Waals surface area contributed by atoms with Gasteiger partial charge >= 0.3 is 0 Å². The van der Waals surface area contributed by atoms with Crippen molar-refractivity contribution in [3.63, 3.8) is 0 Å². The summed E-state index contributed by atoms with van der Waals surface area (Å²) in [5.41, 5.74) is 7.13. The standard InChI is InChI=1S/C31H28O2/c1-32-31(33-2)29(27-17-9-15-25(21-27)23-11-5-3-6-12-23)19-20-30(31)28-18-10-16-26(22-28)24-13-7-4-8-14-24/h3-18,21-22H,19-20H2,1-2H3. The fourth-order valence-corrected chi connectivity index (χ4v) is 5.04. The zero-order valence-corrected chi connectivity index (χ0v) is 19.1. The van der Waals surface area contributed by atoms with Crippen LogP contribution in [0.2, 0.25) is 0 Å². The summed E-state index contributed by atoms with van der Waals surface area (Å²) < 4.78 is 12.4. The van der Waals surface area contributed by atoms with Gasteiger partial charge in [0, 0.05) is 14.2 Å². The molecule has 0 aliphatic heterocycles. The Morgan fingerprint density at radius 1 is 0.455 bits per heavy atom. The van der Waals surface area contributed by atoms with E-state index in [9.17, 15) is 0 Å². The molecule has 5 rings (SSSR count). The first-order chi connectivity index (χ1) is 16.2. The van der Waals surface area contributed by atoms with Gasteiger partial charge in [-0.05, 0) is 46.2 Å². The molecule has 0 aromatic heterocycles. The molecular weight excluding hydrogens is 404 g/mol. The van der Waals surface area contributed by atoms with Gasteiger partial charge in [0.25, 0.3) is 0 Å². The van der Waals surface area contributed by atoms with Crippen molar-refractivity contribution >= 4 is 0 Å². The zero-order chi connectivity index (χ0) is 22.7. The van der Waals surface area contributed by atoms with Gasteiger partial charge in [-0.3, -0.25) is 0 Å². The first-order valence-electron chi connectivity index (χ1n) is 11.4. The minimum absolute atomic E-state index is 0.870. The predicted molar refractivity (Wildman–Crippen MR) is 134 cm³/mol. The maximum absolute atomic E-state index is 6.18. The second-order valence-corrected chi connectivity index (χ2v) is 8.38. The molecule has 0 bridgehead atoms. The van der Waals surface area contributed by atoms with Crippen LogP contribution in [0.5, 0.6) is 0 Å². The molecule has 0 saturated heterocycles. The lowest BCUT2D eigenvalue weighted by Crippen LogP contribution is -2.42. The molecule has 4 aromatic rings. The fraction of sp³-hybridized carbons (Fsp3) is 0.161. The summed E-state index contributed by atoms with van der Waals surface area (Å²) in [4.78, 5) is 0. The monoisotopic (exact) mass is 432 g/mol. The lowest BCUT2D eigenvalue weighted by molar-refractivity contribution is -0.168. The van der Waals surface area contributed by atoms with Crippen molar-refractivity contribution in [1.29, 1.82) is 0 Å². The predicted octanol–water partition coefficient (Wildman–Crippen LogP) is 7.35. The molecule has 2 nitrogen and oxygen atoms in total. The number of benzene rings is 4. The van der Waals surface area contributed by atoms with Gasteiger partial charge in [-0.25, -0.2) is 0 Å². The van der Waals surface area contributed by atoms with Crippen LogP contribution in [0.1, 0.15) is 24.0 Å². The van der Waals surface area contributed by atoms with E-state index in [1.54, 1.807) is 14.2 Å². The third-order valence-corrected chi connectivity index (χ3v) is 6.63. The van der Waals surface area contributed by atoms with E-state index in [-0.39, 0.29) is 0 Å². The molecule has 0 heterocycles. The summed E-state index contributed by atoms with van der Waals surface area (Å²) >= 11 is 0. The maximum atomic E-state index is 6.18. The molecule has 0 spiro atoms. The Bertz CT molecular complexity index is 1100. The van der Waals surface area contributed by atoms with Crippen molar-refractivity contribution in [1.82, 2.24) is 0 Å². The van der Waals surface area contributed by atoms with Crippen LogP contribution in [-0.2, 0) is 9.47 Å². The third kappa shape index (κ3) is 4.01. The first kappa shape index (κ1) is 21.6. The number of methoxy groups -OCH3 is 2. The van der Waals surface area contributed by atoms with Gasteiger partial charge in [0.05, 0.1) is 11.8 Å². The summed E-state index contributed by atoms with van der Waals surface area (Å²) in [6, 6.07) is 38.3. The van der Waals surface area contributed by atoms with E-state index in [1.807, 2.05) is 12.1 Å². The highest BCUT2D eigenvalue weighted by molar-refractivity contribution is 5.67. The van der Waals surface area contributed by atoms with Crippen LogP contribution in [0.15, 0.2) is 109 Å². The molecule has 1 fully saturated rings. The Labute approximate surface area is 196 Å². The van der Waals surface area contributed by atoms with Gasteiger partial charge in [-0.2, -0.15) is 0 Å². The Morgan fingerprint density at radius 3 is 1.21 bits per heavy atom. The van der Waals surface area contributed by atoms with Crippen LogP contribution in [-0.4, -0.2) is 20.0 Å². The quantitative estimate of drug-likeness (QED) is 0.297. The molecule has 1 aliphatic rings. The number of hydrogen-bond acceptors (Lipinski definition) is 2. The SMILES string of the molecule is COC1(OC)[C](c2cccc(-c3ccccc3)c2)CC[C]1c1cccc(-c2ccccc2)c1. The van der Waals surface area contributed by atoms with Crippen LogP contribution >= 0.6 is 0 Å². The van der Waals surface area contributed by atoms with Crippen molar-refractivity contribution in [2.24, 2.45) is 0 Å². The molecule has 0 amide bonds. The van der Waals surface area contributed by atoms with E-state index in [1.165, 1.54) is 34.1 Å². The summed E-state index contributed by atoms with van der Waals surface area (Å²) in [5.74, 6) is 1.47. The minimum Gasteiger partial charge on any atom is -0.351 e. The smallest absolute Gasteiger partial charge is 0.189 e. The molecule has 1 saturated carbocycles. The Hall–Kier alpha value is -3.20. The van der Waals surface area contributed by atoms with Gasteiger partial charge in [0.2, 0.25) is 0 Å². The van der Waals surface area contributed by atoms with Crippen molar-refractivity contribution in [2.75, 3.05) is 14.2 Å². The summed E-state index contributed by atoms with van der Waals surface area (Å²) in [6.07, 6.45) is 1.79. The molecule has 1 aliphatic carbocycles. The lowest BCUT2D eigenvalue weighted by atomic mass is 9.84. The van der Waals surface area contributed by atoms with Crippen molar-refractivity contribution in [2.45, 2.75) is 18.6 Å². The van der Waals surface area contributed by atoms with Gasteiger partial charge in [0.15, 0.2) is 5.79 Å². The molecule has 2 radical (unpaired) electrons. The molecule has 4 aromatic carbocycles. The molecule has 0 N–H and O–H groups in total. The second kappa shape index (κ2) is 9.35. The van der Waals surface area contributed by atoms with E-state index in [0.717, 1.165) is 24.0 Å². The van der Waals surface area contributed by atoms with Gasteiger partial charge in [-0.1, -0.05) is 109 Å². The van der Waals surface area contributed by atoms with Crippen molar-refractivity contribution in [3.8, 4) is 22.3 Å². The van der Waals surface area contributed by atoms with E-state index in [4.69, 9.17) is 9.47 Å². The molecule has 33 heavy (non-hydrogen) atoms. The molecule has 0 unspecified atom stereocenters. The van der Waals surface area contributed by atoms with Gasteiger partial charge in [0.1, 0.15) is 0 Å². The minimum atomic E-state index is -0.870. The second-order valence-electron chi connectivity index (χ2n) is 8.38. The van der Waals surface area contributed by atoms with E-state index >= 15 is 0 Å². The van der Waals surface area contributed by atoms with Gasteiger partial charge in [-0.15, -0.1) is 0 Å². The van der Waals surface area contributed by atoms with Crippen molar-refractivity contribution in [3.05, 3.63) is 132 Å². The number of rotatable bonds is 6. The molecule has 2 heteroatoms. The van der Waals surface area contributed by atoms with Crippen molar-refractivity contribution < 1.29 is 9.47 Å². The Morgan fingerprint density at radius 2 is 0.818 bits per heavy atom. The third-order valence-electron chi connectivity index (χ3n) is 6.63. The van der Waals surface area contributed by atoms with E-state index < -0.39 is 5.79 Å². The van der Waals surface area contributed by atoms with Crippen LogP contribution < -0.4 is 0 Å². The highest BCUT2D eigenvalue weighted by Crippen LogP contribution is 2.53. The fourth-order valence-electron chi connectivity index (χ4n) is 5.04. The maximum Gasteiger partial charge on any atom is 0.189 e. The summed E-state index contributed by atoms with van der Waals surface area (Å²) in [7, 11) is 3.49. The number of hydrogen-bond donors (Lipinski definition) is 0. The summed E-state index contributed by atoms with van der Waals surface area (Å²) in [6.45, 7) is 0. The average Bonchev–Trinajstić information content (AvgIpc) is 3.30.